The lowest BCUT2D eigenvalue weighted by molar-refractivity contribution is -0.139. The second-order valence-electron chi connectivity index (χ2n) is 7.98. The first kappa shape index (κ1) is 18.2. The number of pyridine rings is 1. The third-order valence-electron chi connectivity index (χ3n) is 6.01. The summed E-state index contributed by atoms with van der Waals surface area (Å²) in [7, 11) is 0. The van der Waals surface area contributed by atoms with Crippen molar-refractivity contribution in [3.8, 4) is 0 Å². The van der Waals surface area contributed by atoms with Gasteiger partial charge >= 0.3 is 0 Å². The zero-order valence-electron chi connectivity index (χ0n) is 16.6. The van der Waals surface area contributed by atoms with Crippen molar-refractivity contribution in [3.05, 3.63) is 57.3 Å². The highest BCUT2D eigenvalue weighted by atomic mass is 32.1. The van der Waals surface area contributed by atoms with Crippen molar-refractivity contribution in [2.75, 3.05) is 0 Å². The molecule has 0 atom stereocenters. The Morgan fingerprint density at radius 3 is 2.76 bits per heavy atom. The summed E-state index contributed by atoms with van der Waals surface area (Å²) in [6.45, 7) is 5.35. The minimum atomic E-state index is 0.160. The summed E-state index contributed by atoms with van der Waals surface area (Å²) in [5.74, 6) is 0.405. The van der Waals surface area contributed by atoms with Gasteiger partial charge in [-0.2, -0.15) is 4.52 Å². The number of tetrazole rings is 1. The molecule has 1 saturated carbocycles. The van der Waals surface area contributed by atoms with E-state index in [1.165, 1.54) is 16.0 Å². The van der Waals surface area contributed by atoms with Crippen molar-refractivity contribution in [3.63, 3.8) is 0 Å². The van der Waals surface area contributed by atoms with Gasteiger partial charge in [-0.05, 0) is 77.9 Å². The Hall–Kier alpha value is -2.80. The summed E-state index contributed by atoms with van der Waals surface area (Å²) in [5, 5.41) is 15.6. The Balaban J connectivity index is 1.57. The number of thiophene rings is 1. The predicted octanol–water partition coefficient (Wildman–Crippen LogP) is 4.28. The Morgan fingerprint density at radius 2 is 2.03 bits per heavy atom. The van der Waals surface area contributed by atoms with E-state index in [0.29, 0.717) is 13.1 Å². The van der Waals surface area contributed by atoms with Crippen LogP contribution in [0.5, 0.6) is 0 Å². The van der Waals surface area contributed by atoms with Crippen LogP contribution in [0.1, 0.15) is 40.8 Å². The van der Waals surface area contributed by atoms with Crippen LogP contribution in [-0.2, 0) is 17.9 Å². The minimum absolute atomic E-state index is 0.160. The lowest BCUT2D eigenvalue weighted by Crippen LogP contribution is -2.38. The van der Waals surface area contributed by atoms with Crippen molar-refractivity contribution in [2.45, 2.75) is 46.2 Å². The van der Waals surface area contributed by atoms with Crippen LogP contribution in [0.25, 0.3) is 16.6 Å². The molecule has 3 heterocycles. The lowest BCUT2D eigenvalue weighted by Gasteiger charge is -2.31. The normalized spacial score (nSPS) is 14.4. The van der Waals surface area contributed by atoms with Gasteiger partial charge in [-0.1, -0.05) is 12.5 Å². The molecule has 7 heteroatoms. The third kappa shape index (κ3) is 3.29. The smallest absolute Gasteiger partial charge is 0.226 e. The van der Waals surface area contributed by atoms with E-state index in [2.05, 4.69) is 59.0 Å². The zero-order valence-corrected chi connectivity index (χ0v) is 17.4. The SMILES string of the molecule is Cc1cc2cc(CN(Cc3cccs3)C(=O)C3CCC3)c3nnnn3c2cc1C. The number of carbonyl (C=O) groups is 1. The molecule has 1 aromatic carbocycles. The summed E-state index contributed by atoms with van der Waals surface area (Å²) in [5.41, 5.74) is 5.14. The quantitative estimate of drug-likeness (QED) is 0.497. The molecule has 0 spiro atoms. The maximum atomic E-state index is 13.2. The summed E-state index contributed by atoms with van der Waals surface area (Å²) in [6, 6.07) is 10.6. The fraction of sp³-hybridized carbons (Fsp3) is 0.364. The fourth-order valence-corrected chi connectivity index (χ4v) is 4.68. The van der Waals surface area contributed by atoms with Gasteiger partial charge in [0.1, 0.15) is 0 Å². The van der Waals surface area contributed by atoms with Gasteiger partial charge < -0.3 is 4.90 Å². The number of fused-ring (bicyclic) bond motifs is 3. The Labute approximate surface area is 173 Å². The highest BCUT2D eigenvalue weighted by Gasteiger charge is 2.30. The molecule has 4 aromatic rings. The van der Waals surface area contributed by atoms with Crippen LogP contribution >= 0.6 is 11.3 Å². The average Bonchev–Trinajstić information content (AvgIpc) is 3.33. The van der Waals surface area contributed by atoms with Crippen molar-refractivity contribution < 1.29 is 4.79 Å². The van der Waals surface area contributed by atoms with Crippen LogP contribution in [0.2, 0.25) is 0 Å². The van der Waals surface area contributed by atoms with Gasteiger partial charge in [0.25, 0.3) is 0 Å². The molecule has 0 unspecified atom stereocenters. The van der Waals surface area contributed by atoms with E-state index in [9.17, 15) is 4.79 Å². The Morgan fingerprint density at radius 1 is 1.21 bits per heavy atom. The summed E-state index contributed by atoms with van der Waals surface area (Å²) in [6.07, 6.45) is 3.14. The van der Waals surface area contributed by atoms with Crippen LogP contribution < -0.4 is 0 Å². The number of nitrogens with zero attached hydrogens (tertiary/aromatic N) is 5. The van der Waals surface area contributed by atoms with E-state index in [4.69, 9.17) is 0 Å². The molecule has 148 valence electrons. The summed E-state index contributed by atoms with van der Waals surface area (Å²) >= 11 is 1.69. The van der Waals surface area contributed by atoms with Gasteiger partial charge in [0.05, 0.1) is 12.1 Å². The number of aromatic nitrogens is 4. The molecule has 1 fully saturated rings. The second kappa shape index (κ2) is 7.22. The van der Waals surface area contributed by atoms with E-state index in [0.717, 1.165) is 41.4 Å². The number of rotatable bonds is 5. The molecule has 0 radical (unpaired) electrons. The number of hydrogen-bond donors (Lipinski definition) is 0. The second-order valence-corrected chi connectivity index (χ2v) is 9.01. The first-order valence-electron chi connectivity index (χ1n) is 10.0. The summed E-state index contributed by atoms with van der Waals surface area (Å²) in [4.78, 5) is 16.3. The van der Waals surface area contributed by atoms with Gasteiger partial charge in [0.15, 0.2) is 5.65 Å². The molecule has 0 aliphatic heterocycles. The molecular formula is C22H23N5OS. The largest absolute Gasteiger partial charge is 0.333 e. The molecule has 1 aliphatic rings. The number of carbonyl (C=O) groups excluding carboxylic acids is 1. The molecule has 1 aliphatic carbocycles. The van der Waals surface area contributed by atoms with Crippen molar-refractivity contribution in [1.82, 2.24) is 24.9 Å². The topological polar surface area (TPSA) is 63.4 Å². The van der Waals surface area contributed by atoms with Crippen LogP contribution in [0, 0.1) is 19.8 Å². The van der Waals surface area contributed by atoms with Crippen molar-refractivity contribution in [1.29, 1.82) is 0 Å². The molecule has 0 bridgehead atoms. The Kier molecular flexibility index (Phi) is 4.54. The molecule has 0 saturated heterocycles. The van der Waals surface area contributed by atoms with E-state index < -0.39 is 0 Å². The molecule has 5 rings (SSSR count). The molecule has 3 aromatic heterocycles. The van der Waals surface area contributed by atoms with Gasteiger partial charge in [-0.3, -0.25) is 4.79 Å². The fourth-order valence-electron chi connectivity index (χ4n) is 3.96. The van der Waals surface area contributed by atoms with Gasteiger partial charge in [-0.15, -0.1) is 16.4 Å². The first-order valence-corrected chi connectivity index (χ1v) is 10.9. The maximum absolute atomic E-state index is 13.2. The average molecular weight is 406 g/mol. The van der Waals surface area contributed by atoms with Crippen molar-refractivity contribution >= 4 is 33.8 Å². The number of amides is 1. The van der Waals surface area contributed by atoms with Gasteiger partial charge in [0.2, 0.25) is 5.91 Å². The summed E-state index contributed by atoms with van der Waals surface area (Å²) < 4.78 is 1.80. The van der Waals surface area contributed by atoms with Crippen molar-refractivity contribution in [2.24, 2.45) is 5.92 Å². The lowest BCUT2D eigenvalue weighted by atomic mass is 9.84. The standard InChI is InChI=1S/C22H23N5OS/c1-14-9-17-11-18(21-23-24-25-27(21)20(17)10-15(14)2)12-26(13-19-7-4-8-29-19)22(28)16-5-3-6-16/h4,7-11,16H,3,5-6,12-13H2,1-2H3. The predicted molar refractivity (Wildman–Crippen MR) is 114 cm³/mol. The molecule has 1 amide bonds. The van der Waals surface area contributed by atoms with E-state index >= 15 is 0 Å². The molecule has 0 N–H and O–H groups in total. The van der Waals surface area contributed by atoms with Crippen LogP contribution in [0.15, 0.2) is 35.7 Å². The van der Waals surface area contributed by atoms with Gasteiger partial charge in [0, 0.05) is 28.3 Å². The first-order chi connectivity index (χ1) is 14.1. The van der Waals surface area contributed by atoms with Crippen LogP contribution in [0.3, 0.4) is 0 Å². The minimum Gasteiger partial charge on any atom is -0.333 e. The van der Waals surface area contributed by atoms with E-state index in [1.54, 1.807) is 15.9 Å². The third-order valence-corrected chi connectivity index (χ3v) is 6.87. The van der Waals surface area contributed by atoms with Crippen LogP contribution in [-0.4, -0.2) is 30.8 Å². The van der Waals surface area contributed by atoms with E-state index in [-0.39, 0.29) is 11.8 Å². The highest BCUT2D eigenvalue weighted by Crippen LogP contribution is 2.31. The molecular weight excluding hydrogens is 382 g/mol. The number of hydrogen-bond acceptors (Lipinski definition) is 5. The highest BCUT2D eigenvalue weighted by molar-refractivity contribution is 7.09. The van der Waals surface area contributed by atoms with E-state index in [1.807, 2.05) is 11.0 Å². The van der Waals surface area contributed by atoms with Gasteiger partial charge in [-0.25, -0.2) is 0 Å². The monoisotopic (exact) mass is 405 g/mol. The zero-order chi connectivity index (χ0) is 20.0. The van der Waals surface area contributed by atoms with Crippen LogP contribution in [0.4, 0.5) is 0 Å². The maximum Gasteiger partial charge on any atom is 0.226 e. The molecule has 29 heavy (non-hydrogen) atoms. The number of aryl methyl sites for hydroxylation is 2. The Bertz CT molecular complexity index is 1190. The number of benzene rings is 1. The molecule has 6 nitrogen and oxygen atoms in total.